The smallest absolute Gasteiger partial charge is 0.244 e. The second kappa shape index (κ2) is 5.05. The van der Waals surface area contributed by atoms with Crippen molar-refractivity contribution in [2.45, 2.75) is 13.3 Å². The Kier molecular flexibility index (Phi) is 3.11. The van der Waals surface area contributed by atoms with Crippen LogP contribution in [-0.2, 0) is 14.4 Å². The first-order valence-corrected chi connectivity index (χ1v) is 7.94. The quantitative estimate of drug-likeness (QED) is 0.683. The van der Waals surface area contributed by atoms with Crippen LogP contribution in [0.2, 0.25) is 0 Å². The first-order chi connectivity index (χ1) is 11.0. The molecule has 118 valence electrons. The summed E-state index contributed by atoms with van der Waals surface area (Å²) < 4.78 is 0. The first-order valence-electron chi connectivity index (χ1n) is 7.94. The number of nitrogens with zero attached hydrogens (tertiary/aromatic N) is 1. The van der Waals surface area contributed by atoms with Gasteiger partial charge in [-0.15, -0.1) is 0 Å². The molecule has 23 heavy (non-hydrogen) atoms. The minimum Gasteiger partial charge on any atom is -0.325 e. The molecule has 0 radical (unpaired) electrons. The fraction of sp³-hybridized carbons (Fsp3) is 0.389. The molecule has 1 saturated carbocycles. The SMILES string of the molecule is Cc1ccc(NC(=O)CN2C(=O)C3C(C2=O)[C@H]2C=C[C@@H]3C2)cc1. The van der Waals surface area contributed by atoms with E-state index >= 15 is 0 Å². The van der Waals surface area contributed by atoms with Crippen molar-refractivity contribution in [3.8, 4) is 0 Å². The van der Waals surface area contributed by atoms with E-state index < -0.39 is 0 Å². The van der Waals surface area contributed by atoms with E-state index in [9.17, 15) is 14.4 Å². The van der Waals surface area contributed by atoms with E-state index in [1.807, 2.05) is 31.2 Å². The zero-order valence-corrected chi connectivity index (χ0v) is 12.9. The molecule has 5 nitrogen and oxygen atoms in total. The van der Waals surface area contributed by atoms with Gasteiger partial charge in [-0.25, -0.2) is 0 Å². The number of carbonyl (C=O) groups excluding carboxylic acids is 3. The topological polar surface area (TPSA) is 66.5 Å². The zero-order valence-electron chi connectivity index (χ0n) is 12.9. The number of hydrogen-bond acceptors (Lipinski definition) is 3. The summed E-state index contributed by atoms with van der Waals surface area (Å²) in [6.45, 7) is 1.77. The Balaban J connectivity index is 1.45. The van der Waals surface area contributed by atoms with Gasteiger partial charge in [-0.1, -0.05) is 29.8 Å². The maximum Gasteiger partial charge on any atom is 0.244 e. The molecule has 2 fully saturated rings. The molecule has 1 aromatic rings. The number of amides is 3. The number of nitrogens with one attached hydrogen (secondary N) is 1. The number of benzene rings is 1. The van der Waals surface area contributed by atoms with Crippen LogP contribution < -0.4 is 5.32 Å². The minimum atomic E-state index is -0.337. The Labute approximate surface area is 134 Å². The molecule has 4 rings (SSSR count). The highest BCUT2D eigenvalue weighted by molar-refractivity contribution is 6.09. The molecule has 1 aromatic carbocycles. The standard InChI is InChI=1S/C18H18N2O3/c1-10-2-6-13(7-3-10)19-14(21)9-20-17(22)15-11-4-5-12(8-11)16(15)18(20)23/h2-7,11-12,15-16H,8-9H2,1H3,(H,19,21)/t11-,12+,15?,16?. The summed E-state index contributed by atoms with van der Waals surface area (Å²) >= 11 is 0. The number of fused-ring (bicyclic) bond motifs is 5. The van der Waals surface area contributed by atoms with Gasteiger partial charge in [-0.3, -0.25) is 19.3 Å². The lowest BCUT2D eigenvalue weighted by atomic mass is 9.85. The molecule has 3 amide bonds. The number of aryl methyl sites for hydroxylation is 1. The molecule has 0 spiro atoms. The number of likely N-dealkylation sites (tertiary alicyclic amines) is 1. The lowest BCUT2D eigenvalue weighted by Gasteiger charge is -2.16. The van der Waals surface area contributed by atoms with Gasteiger partial charge in [0.1, 0.15) is 6.54 Å². The Bertz CT molecular complexity index is 692. The van der Waals surface area contributed by atoms with Gasteiger partial charge in [0.15, 0.2) is 0 Å². The minimum absolute atomic E-state index is 0.173. The lowest BCUT2D eigenvalue weighted by Crippen LogP contribution is -2.39. The molecule has 3 aliphatic rings. The van der Waals surface area contributed by atoms with E-state index in [2.05, 4.69) is 5.32 Å². The van der Waals surface area contributed by atoms with Crippen molar-refractivity contribution < 1.29 is 14.4 Å². The molecule has 5 heteroatoms. The van der Waals surface area contributed by atoms with E-state index in [0.29, 0.717) is 5.69 Å². The van der Waals surface area contributed by atoms with Gasteiger partial charge in [0.05, 0.1) is 11.8 Å². The third-order valence-corrected chi connectivity index (χ3v) is 5.20. The molecular weight excluding hydrogens is 292 g/mol. The number of carbonyl (C=O) groups is 3. The summed E-state index contributed by atoms with van der Waals surface area (Å²) in [5.41, 5.74) is 1.77. The summed E-state index contributed by atoms with van der Waals surface area (Å²) in [6, 6.07) is 7.41. The van der Waals surface area contributed by atoms with Crippen molar-refractivity contribution in [2.24, 2.45) is 23.7 Å². The van der Waals surface area contributed by atoms with Crippen molar-refractivity contribution in [1.82, 2.24) is 4.90 Å². The Morgan fingerprint density at radius 3 is 2.22 bits per heavy atom. The van der Waals surface area contributed by atoms with Crippen LogP contribution >= 0.6 is 0 Å². The molecule has 2 bridgehead atoms. The molecule has 2 unspecified atom stereocenters. The average Bonchev–Trinajstić information content (AvgIpc) is 3.19. The number of rotatable bonds is 3. The van der Waals surface area contributed by atoms with Gasteiger partial charge < -0.3 is 5.32 Å². The van der Waals surface area contributed by atoms with Crippen molar-refractivity contribution in [2.75, 3.05) is 11.9 Å². The molecule has 0 aromatic heterocycles. The average molecular weight is 310 g/mol. The van der Waals surface area contributed by atoms with Gasteiger partial charge in [0, 0.05) is 5.69 Å². The highest BCUT2D eigenvalue weighted by Gasteiger charge is 2.59. The van der Waals surface area contributed by atoms with Crippen molar-refractivity contribution in [3.63, 3.8) is 0 Å². The summed E-state index contributed by atoms with van der Waals surface area (Å²) in [7, 11) is 0. The molecule has 1 heterocycles. The highest BCUT2D eigenvalue weighted by atomic mass is 16.2. The maximum absolute atomic E-state index is 12.5. The van der Waals surface area contributed by atoms with Crippen molar-refractivity contribution in [1.29, 1.82) is 0 Å². The van der Waals surface area contributed by atoms with Gasteiger partial charge in [-0.05, 0) is 37.3 Å². The fourth-order valence-electron chi connectivity index (χ4n) is 4.10. The molecule has 4 atom stereocenters. The monoisotopic (exact) mass is 310 g/mol. The van der Waals surface area contributed by atoms with Crippen LogP contribution in [0.15, 0.2) is 36.4 Å². The number of anilines is 1. The fourth-order valence-corrected chi connectivity index (χ4v) is 4.10. The van der Waals surface area contributed by atoms with Gasteiger partial charge >= 0.3 is 0 Å². The van der Waals surface area contributed by atoms with E-state index in [1.165, 1.54) is 0 Å². The van der Waals surface area contributed by atoms with E-state index in [0.717, 1.165) is 16.9 Å². The Morgan fingerprint density at radius 2 is 1.65 bits per heavy atom. The van der Waals surface area contributed by atoms with Crippen LogP contribution in [0.5, 0.6) is 0 Å². The number of imide groups is 1. The van der Waals surface area contributed by atoms with Gasteiger partial charge in [-0.2, -0.15) is 0 Å². The van der Waals surface area contributed by atoms with Gasteiger partial charge in [0.25, 0.3) is 0 Å². The maximum atomic E-state index is 12.5. The van der Waals surface area contributed by atoms with Crippen LogP contribution in [0.25, 0.3) is 0 Å². The number of hydrogen-bond donors (Lipinski definition) is 1. The Hall–Kier alpha value is -2.43. The van der Waals surface area contributed by atoms with Crippen LogP contribution in [0.4, 0.5) is 5.69 Å². The predicted molar refractivity (Wildman–Crippen MR) is 84.2 cm³/mol. The molecule has 2 aliphatic carbocycles. The number of allylic oxidation sites excluding steroid dienone is 2. The molecule has 1 N–H and O–H groups in total. The highest BCUT2D eigenvalue weighted by Crippen LogP contribution is 2.52. The van der Waals surface area contributed by atoms with E-state index in [1.54, 1.807) is 12.1 Å². The zero-order chi connectivity index (χ0) is 16.1. The molecule has 1 aliphatic heterocycles. The van der Waals surface area contributed by atoms with E-state index in [4.69, 9.17) is 0 Å². The third kappa shape index (κ3) is 2.19. The normalized spacial score (nSPS) is 30.9. The molecular formula is C18H18N2O3. The van der Waals surface area contributed by atoms with Crippen molar-refractivity contribution in [3.05, 3.63) is 42.0 Å². The van der Waals surface area contributed by atoms with Gasteiger partial charge in [0.2, 0.25) is 17.7 Å². The summed E-state index contributed by atoms with van der Waals surface area (Å²) in [5.74, 6) is -0.852. The Morgan fingerprint density at radius 1 is 1.09 bits per heavy atom. The van der Waals surface area contributed by atoms with E-state index in [-0.39, 0.29) is 47.9 Å². The van der Waals surface area contributed by atoms with Crippen LogP contribution in [0.3, 0.4) is 0 Å². The van der Waals surface area contributed by atoms with Crippen LogP contribution in [0, 0.1) is 30.6 Å². The largest absolute Gasteiger partial charge is 0.325 e. The van der Waals surface area contributed by atoms with Crippen LogP contribution in [-0.4, -0.2) is 29.2 Å². The first kappa shape index (κ1) is 14.2. The summed E-state index contributed by atoms with van der Waals surface area (Å²) in [4.78, 5) is 38.3. The second-order valence-corrected chi connectivity index (χ2v) is 6.68. The predicted octanol–water partition coefficient (Wildman–Crippen LogP) is 1.74. The lowest BCUT2D eigenvalue weighted by molar-refractivity contribution is -0.143. The van der Waals surface area contributed by atoms with Crippen molar-refractivity contribution >= 4 is 23.4 Å². The molecule has 1 saturated heterocycles. The third-order valence-electron chi connectivity index (χ3n) is 5.20. The van der Waals surface area contributed by atoms with Crippen LogP contribution in [0.1, 0.15) is 12.0 Å². The summed E-state index contributed by atoms with van der Waals surface area (Å²) in [6.07, 6.45) is 5.00. The summed E-state index contributed by atoms with van der Waals surface area (Å²) in [5, 5.41) is 2.74. The second-order valence-electron chi connectivity index (χ2n) is 6.68.